The third-order valence-electron chi connectivity index (χ3n) is 5.73. The Kier molecular flexibility index (Phi) is 5.78. The molecule has 5 aromatic rings. The number of para-hydroxylation sites is 2. The molecule has 170 valence electrons. The molecule has 5 rings (SSSR count). The van der Waals surface area contributed by atoms with Gasteiger partial charge >= 0.3 is 5.97 Å². The number of rotatable bonds is 8. The maximum Gasteiger partial charge on any atom is 0.328 e. The summed E-state index contributed by atoms with van der Waals surface area (Å²) in [6, 6.07) is 16.9. The van der Waals surface area contributed by atoms with Gasteiger partial charge in [-0.3, -0.25) is 4.98 Å². The summed E-state index contributed by atoms with van der Waals surface area (Å²) in [6.45, 7) is 4.16. The van der Waals surface area contributed by atoms with Crippen LogP contribution in [0.5, 0.6) is 0 Å². The number of hydrogen-bond acceptors (Lipinski definition) is 6. The Bertz CT molecular complexity index is 1440. The van der Waals surface area contributed by atoms with E-state index in [2.05, 4.69) is 36.8 Å². The normalized spacial score (nSPS) is 12.0. The summed E-state index contributed by atoms with van der Waals surface area (Å²) in [7, 11) is 1.39. The SMILES string of the molecule is C=C(N[C@@H](CCc1nc2ccccc2[nH]1)C(=O)OC)c1ccc2nc(-c3ccncc3)[nH]c2c1. The number of esters is 1. The van der Waals surface area contributed by atoms with Crippen molar-refractivity contribution >= 4 is 33.7 Å². The van der Waals surface area contributed by atoms with E-state index in [1.165, 1.54) is 7.11 Å². The van der Waals surface area contributed by atoms with E-state index in [1.807, 2.05) is 54.6 Å². The minimum atomic E-state index is -0.560. The molecule has 3 aromatic heterocycles. The van der Waals surface area contributed by atoms with Crippen molar-refractivity contribution in [2.75, 3.05) is 7.11 Å². The lowest BCUT2D eigenvalue weighted by Crippen LogP contribution is -2.36. The van der Waals surface area contributed by atoms with Crippen molar-refractivity contribution in [1.82, 2.24) is 30.2 Å². The van der Waals surface area contributed by atoms with Gasteiger partial charge in [-0.05, 0) is 48.4 Å². The number of imidazole rings is 2. The van der Waals surface area contributed by atoms with Crippen molar-refractivity contribution in [2.45, 2.75) is 18.9 Å². The van der Waals surface area contributed by atoms with Gasteiger partial charge < -0.3 is 20.0 Å². The molecule has 0 unspecified atom stereocenters. The lowest BCUT2D eigenvalue weighted by Gasteiger charge is -2.19. The van der Waals surface area contributed by atoms with Crippen LogP contribution < -0.4 is 5.32 Å². The van der Waals surface area contributed by atoms with Crippen LogP contribution in [0.2, 0.25) is 0 Å². The van der Waals surface area contributed by atoms with Gasteiger partial charge in [0.25, 0.3) is 0 Å². The number of carbonyl (C=O) groups excluding carboxylic acids is 1. The average Bonchev–Trinajstić information content (AvgIpc) is 3.49. The quantitative estimate of drug-likeness (QED) is 0.304. The zero-order valence-electron chi connectivity index (χ0n) is 18.7. The first-order chi connectivity index (χ1) is 16.6. The second kappa shape index (κ2) is 9.19. The van der Waals surface area contributed by atoms with E-state index in [0.29, 0.717) is 18.5 Å². The molecule has 0 spiro atoms. The number of fused-ring (bicyclic) bond motifs is 2. The molecule has 0 saturated heterocycles. The summed E-state index contributed by atoms with van der Waals surface area (Å²) in [5.41, 5.74) is 6.05. The largest absolute Gasteiger partial charge is 0.467 e. The third-order valence-corrected chi connectivity index (χ3v) is 5.73. The van der Waals surface area contributed by atoms with Gasteiger partial charge in [0.1, 0.15) is 17.7 Å². The molecule has 0 amide bonds. The van der Waals surface area contributed by atoms with Crippen molar-refractivity contribution in [1.29, 1.82) is 0 Å². The number of H-pyrrole nitrogens is 2. The predicted octanol–water partition coefficient (Wildman–Crippen LogP) is 4.24. The molecule has 8 heteroatoms. The number of benzene rings is 2. The molecule has 3 N–H and O–H groups in total. The van der Waals surface area contributed by atoms with Gasteiger partial charge in [-0.15, -0.1) is 0 Å². The molecule has 0 aliphatic rings. The summed E-state index contributed by atoms with van der Waals surface area (Å²) in [4.78, 5) is 32.4. The summed E-state index contributed by atoms with van der Waals surface area (Å²) >= 11 is 0. The average molecular weight is 453 g/mol. The molecular weight excluding hydrogens is 428 g/mol. The first-order valence-electron chi connectivity index (χ1n) is 11.0. The van der Waals surface area contributed by atoms with Gasteiger partial charge in [0.05, 0.1) is 29.2 Å². The lowest BCUT2D eigenvalue weighted by molar-refractivity contribution is -0.142. The van der Waals surface area contributed by atoms with Crippen molar-refractivity contribution in [3.05, 3.63) is 85.0 Å². The Hall–Kier alpha value is -4.46. The van der Waals surface area contributed by atoms with Crippen LogP contribution in [0.25, 0.3) is 39.2 Å². The number of pyridine rings is 1. The molecule has 2 aromatic carbocycles. The molecule has 0 aliphatic carbocycles. The fourth-order valence-corrected chi connectivity index (χ4v) is 3.93. The molecule has 3 heterocycles. The number of aromatic nitrogens is 5. The standard InChI is InChI=1S/C26H24N6O2/c1-16(18-7-8-21-23(15-18)32-25(31-21)17-11-13-27-14-12-17)28-22(26(33)34-2)9-10-24-29-19-5-3-4-6-20(19)30-24/h3-8,11-15,22,28H,1,9-10H2,2H3,(H,29,30)(H,31,32)/t22-/m0/s1. The van der Waals surface area contributed by atoms with E-state index in [1.54, 1.807) is 12.4 Å². The van der Waals surface area contributed by atoms with Gasteiger partial charge in [0, 0.05) is 30.1 Å². The Morgan fingerprint density at radius 3 is 2.62 bits per heavy atom. The van der Waals surface area contributed by atoms with Gasteiger partial charge in [0.15, 0.2) is 0 Å². The highest BCUT2D eigenvalue weighted by Crippen LogP contribution is 2.23. The van der Waals surface area contributed by atoms with E-state index >= 15 is 0 Å². The Morgan fingerprint density at radius 1 is 1.03 bits per heavy atom. The number of nitrogens with zero attached hydrogens (tertiary/aromatic N) is 3. The number of hydrogen-bond donors (Lipinski definition) is 3. The van der Waals surface area contributed by atoms with E-state index < -0.39 is 6.04 Å². The minimum absolute atomic E-state index is 0.347. The fraction of sp³-hybridized carbons (Fsp3) is 0.154. The first kappa shape index (κ1) is 21.4. The van der Waals surface area contributed by atoms with Crippen molar-refractivity contribution in [2.24, 2.45) is 0 Å². The van der Waals surface area contributed by atoms with Crippen LogP contribution in [-0.4, -0.2) is 44.0 Å². The van der Waals surface area contributed by atoms with Gasteiger partial charge in [0.2, 0.25) is 0 Å². The molecule has 1 atom stereocenters. The molecule has 0 radical (unpaired) electrons. The van der Waals surface area contributed by atoms with Crippen LogP contribution in [0.3, 0.4) is 0 Å². The van der Waals surface area contributed by atoms with Crippen LogP contribution in [0, 0.1) is 0 Å². The minimum Gasteiger partial charge on any atom is -0.467 e. The van der Waals surface area contributed by atoms with E-state index in [-0.39, 0.29) is 5.97 Å². The van der Waals surface area contributed by atoms with E-state index in [0.717, 1.165) is 44.8 Å². The summed E-state index contributed by atoms with van der Waals surface area (Å²) < 4.78 is 5.02. The van der Waals surface area contributed by atoms with E-state index in [4.69, 9.17) is 4.74 Å². The Labute approximate surface area is 196 Å². The lowest BCUT2D eigenvalue weighted by atomic mass is 10.1. The highest BCUT2D eigenvalue weighted by Gasteiger charge is 2.21. The molecular formula is C26H24N6O2. The second-order valence-electron chi connectivity index (χ2n) is 7.99. The molecule has 0 saturated carbocycles. The molecule has 34 heavy (non-hydrogen) atoms. The highest BCUT2D eigenvalue weighted by atomic mass is 16.5. The topological polar surface area (TPSA) is 109 Å². The maximum atomic E-state index is 12.5. The smallest absolute Gasteiger partial charge is 0.328 e. The van der Waals surface area contributed by atoms with Gasteiger partial charge in [-0.1, -0.05) is 24.8 Å². The van der Waals surface area contributed by atoms with E-state index in [9.17, 15) is 4.79 Å². The second-order valence-corrected chi connectivity index (χ2v) is 7.99. The summed E-state index contributed by atoms with van der Waals surface area (Å²) in [6.07, 6.45) is 4.56. The monoisotopic (exact) mass is 452 g/mol. The molecule has 0 aliphatic heterocycles. The van der Waals surface area contributed by atoms with Crippen molar-refractivity contribution in [3.8, 4) is 11.4 Å². The molecule has 0 bridgehead atoms. The summed E-state index contributed by atoms with van der Waals surface area (Å²) in [5.74, 6) is 1.25. The highest BCUT2D eigenvalue weighted by molar-refractivity contribution is 5.84. The number of nitrogens with one attached hydrogen (secondary N) is 3. The zero-order chi connectivity index (χ0) is 23.5. The zero-order valence-corrected chi connectivity index (χ0v) is 18.7. The van der Waals surface area contributed by atoms with Crippen LogP contribution in [0.15, 0.2) is 73.6 Å². The van der Waals surface area contributed by atoms with Crippen LogP contribution in [0.1, 0.15) is 17.8 Å². The predicted molar refractivity (Wildman–Crippen MR) is 132 cm³/mol. The van der Waals surface area contributed by atoms with Gasteiger partial charge in [-0.2, -0.15) is 0 Å². The Balaban J connectivity index is 1.31. The maximum absolute atomic E-state index is 12.5. The molecule has 8 nitrogen and oxygen atoms in total. The van der Waals surface area contributed by atoms with Crippen molar-refractivity contribution in [3.63, 3.8) is 0 Å². The third kappa shape index (κ3) is 4.38. The summed E-state index contributed by atoms with van der Waals surface area (Å²) in [5, 5.41) is 3.24. The number of carbonyl (C=O) groups is 1. The number of aromatic amines is 2. The fourth-order valence-electron chi connectivity index (χ4n) is 3.93. The van der Waals surface area contributed by atoms with Crippen molar-refractivity contribution < 1.29 is 9.53 Å². The molecule has 0 fully saturated rings. The number of aryl methyl sites for hydroxylation is 1. The van der Waals surface area contributed by atoms with Gasteiger partial charge in [-0.25, -0.2) is 14.8 Å². The van der Waals surface area contributed by atoms with Crippen LogP contribution >= 0.6 is 0 Å². The number of ether oxygens (including phenoxy) is 1. The number of methoxy groups -OCH3 is 1. The Morgan fingerprint density at radius 2 is 1.82 bits per heavy atom. The first-order valence-corrected chi connectivity index (χ1v) is 11.0. The van der Waals surface area contributed by atoms with Crippen LogP contribution in [-0.2, 0) is 16.0 Å². The van der Waals surface area contributed by atoms with Crippen LogP contribution in [0.4, 0.5) is 0 Å².